The average Bonchev–Trinajstić information content (AvgIpc) is 2.88. The molecule has 0 aromatic heterocycles. The fraction of sp³-hybridized carbons (Fsp3) is 0.571. The van der Waals surface area contributed by atoms with E-state index < -0.39 is 29.1 Å². The van der Waals surface area contributed by atoms with Crippen LogP contribution in [0.4, 0.5) is 0 Å². The minimum absolute atomic E-state index is 0.0179. The molecule has 0 amide bonds. The lowest BCUT2D eigenvalue weighted by atomic mass is 9.46. The van der Waals surface area contributed by atoms with Gasteiger partial charge in [0.2, 0.25) is 0 Å². The number of rotatable bonds is 4. The Balaban J connectivity index is 1.98. The molecule has 0 aromatic carbocycles. The molecule has 6 heteroatoms. The van der Waals surface area contributed by atoms with Crippen LogP contribution >= 0.6 is 0 Å². The molecule has 1 aliphatic heterocycles. The molecule has 0 aromatic rings. The summed E-state index contributed by atoms with van der Waals surface area (Å²) in [4.78, 5) is 35.0. The van der Waals surface area contributed by atoms with E-state index in [2.05, 4.69) is 13.8 Å². The minimum atomic E-state index is -1.67. The zero-order valence-corrected chi connectivity index (χ0v) is 15.9. The van der Waals surface area contributed by atoms with Crippen LogP contribution < -0.4 is 0 Å². The van der Waals surface area contributed by atoms with Gasteiger partial charge in [-0.1, -0.05) is 39.3 Å². The second-order valence-electron chi connectivity index (χ2n) is 8.50. The third-order valence-electron chi connectivity index (χ3n) is 6.47. The summed E-state index contributed by atoms with van der Waals surface area (Å²) in [5.41, 5.74) is -2.20. The molecule has 0 radical (unpaired) electrons. The van der Waals surface area contributed by atoms with Crippen molar-refractivity contribution < 1.29 is 29.0 Å². The lowest BCUT2D eigenvalue weighted by Crippen LogP contribution is -2.65. The van der Waals surface area contributed by atoms with Crippen molar-refractivity contribution in [3.8, 4) is 0 Å². The summed E-state index contributed by atoms with van der Waals surface area (Å²) in [5.74, 6) is -1.38. The summed E-state index contributed by atoms with van der Waals surface area (Å²) in [6.45, 7) is 6.09. The topological polar surface area (TPSA) is 89.9 Å². The second-order valence-corrected chi connectivity index (χ2v) is 8.50. The highest BCUT2D eigenvalue weighted by Crippen LogP contribution is 2.63. The van der Waals surface area contributed by atoms with Crippen molar-refractivity contribution in [3.05, 3.63) is 36.0 Å². The Labute approximate surface area is 158 Å². The molecule has 2 aliphatic carbocycles. The smallest absolute Gasteiger partial charge is 0.343 e. The van der Waals surface area contributed by atoms with E-state index in [1.807, 2.05) is 6.92 Å². The van der Waals surface area contributed by atoms with E-state index in [1.54, 1.807) is 6.08 Å². The second kappa shape index (κ2) is 6.75. The number of allylic oxidation sites excluding steroid dienone is 3. The fourth-order valence-electron chi connectivity index (χ4n) is 5.36. The van der Waals surface area contributed by atoms with Gasteiger partial charge < -0.3 is 14.6 Å². The Hall–Kier alpha value is -2.21. The average molecular weight is 374 g/mol. The summed E-state index contributed by atoms with van der Waals surface area (Å²) in [7, 11) is 0. The summed E-state index contributed by atoms with van der Waals surface area (Å²) in [6, 6.07) is 0. The van der Waals surface area contributed by atoms with Crippen LogP contribution in [0.25, 0.3) is 0 Å². The van der Waals surface area contributed by atoms with E-state index in [-0.39, 0.29) is 17.9 Å². The Kier molecular flexibility index (Phi) is 4.89. The maximum atomic E-state index is 12.5. The van der Waals surface area contributed by atoms with Gasteiger partial charge in [-0.15, -0.1) is 0 Å². The van der Waals surface area contributed by atoms with E-state index in [0.717, 1.165) is 12.8 Å². The maximum absolute atomic E-state index is 12.5. The summed E-state index contributed by atoms with van der Waals surface area (Å²) in [6.07, 6.45) is 9.59. The largest absolute Gasteiger partial charge is 0.459 e. The lowest BCUT2D eigenvalue weighted by Gasteiger charge is -2.59. The molecule has 0 bridgehead atoms. The number of hydrogen-bond acceptors (Lipinski definition) is 6. The third kappa shape index (κ3) is 2.96. The van der Waals surface area contributed by atoms with Gasteiger partial charge in [0.25, 0.3) is 0 Å². The molecular formula is C21H26O6. The zero-order chi connectivity index (χ0) is 19.9. The highest BCUT2D eigenvalue weighted by molar-refractivity contribution is 5.88. The van der Waals surface area contributed by atoms with Gasteiger partial charge >= 0.3 is 11.9 Å². The van der Waals surface area contributed by atoms with Crippen LogP contribution in [0.2, 0.25) is 0 Å². The lowest BCUT2D eigenvalue weighted by molar-refractivity contribution is -0.194. The van der Waals surface area contributed by atoms with E-state index in [1.165, 1.54) is 24.3 Å². The van der Waals surface area contributed by atoms with Crippen molar-refractivity contribution in [1.82, 2.24) is 0 Å². The van der Waals surface area contributed by atoms with Crippen molar-refractivity contribution in [1.29, 1.82) is 0 Å². The van der Waals surface area contributed by atoms with Gasteiger partial charge in [0, 0.05) is 23.0 Å². The van der Waals surface area contributed by atoms with Crippen LogP contribution in [0, 0.1) is 16.7 Å². The maximum Gasteiger partial charge on any atom is 0.343 e. The van der Waals surface area contributed by atoms with Gasteiger partial charge in [0.15, 0.2) is 5.60 Å². The van der Waals surface area contributed by atoms with Gasteiger partial charge in [-0.05, 0) is 30.4 Å². The number of cyclic esters (lactones) is 1. The van der Waals surface area contributed by atoms with E-state index in [4.69, 9.17) is 9.47 Å². The highest BCUT2D eigenvalue weighted by atomic mass is 16.6. The quantitative estimate of drug-likeness (QED) is 0.267. The standard InChI is InChI=1S/C21H26O6/c1-19(2)9-7-10-20(3)17(19)15(27-16(23)8-5-4-6-11-22)12-14-13-26-18(24)21(14,20)25/h4-6,8,11-12,15,17,25H,7,9-10,13H2,1-3H3/b6-4+,8-5+/t15-,17+,20-,21-/m0/s1. The predicted molar refractivity (Wildman–Crippen MR) is 97.4 cm³/mol. The van der Waals surface area contributed by atoms with Crippen molar-refractivity contribution >= 4 is 18.2 Å². The highest BCUT2D eigenvalue weighted by Gasteiger charge is 2.69. The molecule has 2 fully saturated rings. The Morgan fingerprint density at radius 3 is 2.70 bits per heavy atom. The molecule has 3 aliphatic rings. The first-order chi connectivity index (χ1) is 12.7. The van der Waals surface area contributed by atoms with Gasteiger partial charge in [-0.2, -0.15) is 0 Å². The number of hydrogen-bond donors (Lipinski definition) is 1. The monoisotopic (exact) mass is 374 g/mol. The molecule has 4 atom stereocenters. The van der Waals surface area contributed by atoms with Crippen LogP contribution in [0.1, 0.15) is 40.0 Å². The SMILES string of the molecule is CC1(C)CCC[C@@]2(C)[C@@H]1[C@@H](OC(=O)/C=C/C=C/C=O)C=C1COC(=O)[C@@]12O. The predicted octanol–water partition coefficient (Wildman–Crippen LogP) is 2.27. The molecule has 146 valence electrons. The third-order valence-corrected chi connectivity index (χ3v) is 6.47. The molecule has 0 unspecified atom stereocenters. The number of carbonyl (C=O) groups is 3. The van der Waals surface area contributed by atoms with E-state index >= 15 is 0 Å². The number of aliphatic hydroxyl groups is 1. The van der Waals surface area contributed by atoms with Crippen LogP contribution in [0.15, 0.2) is 36.0 Å². The van der Waals surface area contributed by atoms with Crippen molar-refractivity contribution in [2.45, 2.75) is 51.7 Å². The Morgan fingerprint density at radius 2 is 2.00 bits per heavy atom. The molecular weight excluding hydrogens is 348 g/mol. The van der Waals surface area contributed by atoms with Crippen LogP contribution in [0.5, 0.6) is 0 Å². The zero-order valence-electron chi connectivity index (χ0n) is 15.9. The first-order valence-electron chi connectivity index (χ1n) is 9.27. The van der Waals surface area contributed by atoms with Crippen LogP contribution in [-0.2, 0) is 23.9 Å². The summed E-state index contributed by atoms with van der Waals surface area (Å²) < 4.78 is 10.9. The Morgan fingerprint density at radius 1 is 1.26 bits per heavy atom. The van der Waals surface area contributed by atoms with Gasteiger partial charge in [-0.3, -0.25) is 4.79 Å². The molecule has 1 saturated carbocycles. The summed E-state index contributed by atoms with van der Waals surface area (Å²) in [5, 5.41) is 11.4. The first-order valence-corrected chi connectivity index (χ1v) is 9.27. The van der Waals surface area contributed by atoms with E-state index in [9.17, 15) is 19.5 Å². The molecule has 3 rings (SSSR count). The number of aldehydes is 1. The fourth-order valence-corrected chi connectivity index (χ4v) is 5.36. The van der Waals surface area contributed by atoms with Crippen LogP contribution in [0.3, 0.4) is 0 Å². The molecule has 0 spiro atoms. The number of ether oxygens (including phenoxy) is 2. The number of fused-ring (bicyclic) bond motifs is 3. The van der Waals surface area contributed by atoms with Crippen molar-refractivity contribution in [2.75, 3.05) is 6.61 Å². The van der Waals surface area contributed by atoms with Crippen molar-refractivity contribution in [3.63, 3.8) is 0 Å². The first kappa shape index (κ1) is 19.5. The summed E-state index contributed by atoms with van der Waals surface area (Å²) >= 11 is 0. The number of carbonyl (C=O) groups excluding carboxylic acids is 3. The van der Waals surface area contributed by atoms with Gasteiger partial charge in [0.05, 0.1) is 0 Å². The molecule has 1 heterocycles. The van der Waals surface area contributed by atoms with E-state index in [0.29, 0.717) is 18.3 Å². The normalized spacial score (nSPS) is 37.5. The number of esters is 2. The molecule has 1 saturated heterocycles. The Bertz CT molecular complexity index is 746. The van der Waals surface area contributed by atoms with Crippen LogP contribution in [-0.4, -0.2) is 41.6 Å². The molecule has 27 heavy (non-hydrogen) atoms. The van der Waals surface area contributed by atoms with Gasteiger partial charge in [-0.25, -0.2) is 9.59 Å². The van der Waals surface area contributed by atoms with Gasteiger partial charge in [0.1, 0.15) is 19.0 Å². The molecule has 6 nitrogen and oxygen atoms in total. The molecule has 1 N–H and O–H groups in total. The van der Waals surface area contributed by atoms with Crippen molar-refractivity contribution in [2.24, 2.45) is 16.7 Å². The minimum Gasteiger partial charge on any atom is -0.459 e.